The molecule has 0 aromatic heterocycles. The van der Waals surface area contributed by atoms with Crippen molar-refractivity contribution in [1.82, 2.24) is 10.2 Å². The van der Waals surface area contributed by atoms with Gasteiger partial charge < -0.3 is 5.32 Å². The predicted molar refractivity (Wildman–Crippen MR) is 101 cm³/mol. The first-order valence-electron chi connectivity index (χ1n) is 8.88. The number of piperazine rings is 1. The molecule has 0 spiro atoms. The van der Waals surface area contributed by atoms with E-state index in [9.17, 15) is 0 Å². The molecule has 2 aromatic rings. The third kappa shape index (κ3) is 2.77. The van der Waals surface area contributed by atoms with Crippen LogP contribution in [0.25, 0.3) is 0 Å². The standard InChI is InChI=1S/C21H25ClN2/c1-21(2)14-23-10-11-24(21)20-13-18(15-6-4-3-5-7-15)17-9-8-16(22)12-19(17)20/h3-9,12,18,20,23H,10-11,13-14H2,1-2H3. The molecule has 2 aromatic carbocycles. The van der Waals surface area contributed by atoms with Crippen LogP contribution in [-0.4, -0.2) is 30.1 Å². The predicted octanol–water partition coefficient (Wildman–Crippen LogP) is 4.60. The molecule has 1 heterocycles. The fraction of sp³-hybridized carbons (Fsp3) is 0.429. The second-order valence-corrected chi connectivity index (χ2v) is 8.11. The van der Waals surface area contributed by atoms with Gasteiger partial charge in [0.05, 0.1) is 0 Å². The summed E-state index contributed by atoms with van der Waals surface area (Å²) in [5.41, 5.74) is 4.45. The maximum atomic E-state index is 6.36. The van der Waals surface area contributed by atoms with Crippen molar-refractivity contribution >= 4 is 11.6 Å². The van der Waals surface area contributed by atoms with Crippen LogP contribution >= 0.6 is 11.6 Å². The number of nitrogens with zero attached hydrogens (tertiary/aromatic N) is 1. The highest BCUT2D eigenvalue weighted by atomic mass is 35.5. The van der Waals surface area contributed by atoms with E-state index in [1.807, 2.05) is 6.07 Å². The summed E-state index contributed by atoms with van der Waals surface area (Å²) in [5.74, 6) is 0.467. The van der Waals surface area contributed by atoms with Gasteiger partial charge in [-0.05, 0) is 49.1 Å². The molecule has 2 atom stereocenters. The number of rotatable bonds is 2. The largest absolute Gasteiger partial charge is 0.314 e. The van der Waals surface area contributed by atoms with E-state index in [1.54, 1.807) is 0 Å². The average molecular weight is 341 g/mol. The minimum absolute atomic E-state index is 0.161. The first-order chi connectivity index (χ1) is 11.6. The number of hydrogen-bond donors (Lipinski definition) is 1. The third-order valence-electron chi connectivity index (χ3n) is 5.68. The zero-order chi connectivity index (χ0) is 16.7. The monoisotopic (exact) mass is 340 g/mol. The SMILES string of the molecule is CC1(C)CNCCN1C1CC(c2ccccc2)c2ccc(Cl)cc21. The van der Waals surface area contributed by atoms with Gasteiger partial charge in [0.15, 0.2) is 0 Å². The van der Waals surface area contributed by atoms with Crippen LogP contribution in [0, 0.1) is 0 Å². The van der Waals surface area contributed by atoms with Crippen molar-refractivity contribution in [3.63, 3.8) is 0 Å². The van der Waals surface area contributed by atoms with Crippen LogP contribution in [-0.2, 0) is 0 Å². The first kappa shape index (κ1) is 16.1. The van der Waals surface area contributed by atoms with E-state index < -0.39 is 0 Å². The molecule has 0 amide bonds. The van der Waals surface area contributed by atoms with Gasteiger partial charge in [-0.3, -0.25) is 4.90 Å². The number of nitrogens with one attached hydrogen (secondary N) is 1. The van der Waals surface area contributed by atoms with Crippen LogP contribution in [0.15, 0.2) is 48.5 Å². The summed E-state index contributed by atoms with van der Waals surface area (Å²) in [6, 6.07) is 17.8. The number of benzene rings is 2. The molecule has 24 heavy (non-hydrogen) atoms. The second kappa shape index (κ2) is 6.18. The first-order valence-corrected chi connectivity index (χ1v) is 9.26. The van der Waals surface area contributed by atoms with Crippen molar-refractivity contribution in [3.05, 3.63) is 70.2 Å². The topological polar surface area (TPSA) is 15.3 Å². The summed E-state index contributed by atoms with van der Waals surface area (Å²) >= 11 is 6.36. The Labute approximate surface area is 149 Å². The fourth-order valence-electron chi connectivity index (χ4n) is 4.50. The van der Waals surface area contributed by atoms with Crippen LogP contribution in [0.5, 0.6) is 0 Å². The van der Waals surface area contributed by atoms with E-state index in [0.29, 0.717) is 12.0 Å². The smallest absolute Gasteiger partial charge is 0.0409 e. The Morgan fingerprint density at radius 3 is 2.62 bits per heavy atom. The molecule has 1 fully saturated rings. The maximum absolute atomic E-state index is 6.36. The molecule has 0 radical (unpaired) electrons. The molecule has 1 saturated heterocycles. The van der Waals surface area contributed by atoms with Crippen LogP contribution in [0.2, 0.25) is 5.02 Å². The highest BCUT2D eigenvalue weighted by Crippen LogP contribution is 2.49. The Hall–Kier alpha value is -1.35. The van der Waals surface area contributed by atoms with Gasteiger partial charge in [-0.25, -0.2) is 0 Å². The average Bonchev–Trinajstić information content (AvgIpc) is 2.94. The molecule has 1 aliphatic heterocycles. The Kier molecular flexibility index (Phi) is 4.16. The van der Waals surface area contributed by atoms with Gasteiger partial charge in [-0.1, -0.05) is 48.0 Å². The van der Waals surface area contributed by atoms with Crippen molar-refractivity contribution in [2.24, 2.45) is 0 Å². The van der Waals surface area contributed by atoms with Gasteiger partial charge in [0.2, 0.25) is 0 Å². The van der Waals surface area contributed by atoms with E-state index >= 15 is 0 Å². The van der Waals surface area contributed by atoms with Crippen molar-refractivity contribution in [2.75, 3.05) is 19.6 Å². The Morgan fingerprint density at radius 2 is 1.88 bits per heavy atom. The zero-order valence-electron chi connectivity index (χ0n) is 14.4. The summed E-state index contributed by atoms with van der Waals surface area (Å²) in [6.45, 7) is 7.88. The highest BCUT2D eigenvalue weighted by Gasteiger charge is 2.41. The van der Waals surface area contributed by atoms with E-state index in [0.717, 1.165) is 31.1 Å². The molecule has 2 nitrogen and oxygen atoms in total. The lowest BCUT2D eigenvalue weighted by Crippen LogP contribution is -2.58. The van der Waals surface area contributed by atoms with Crippen molar-refractivity contribution in [2.45, 2.75) is 37.8 Å². The van der Waals surface area contributed by atoms with E-state index in [4.69, 9.17) is 11.6 Å². The number of halogens is 1. The van der Waals surface area contributed by atoms with Crippen LogP contribution in [0.1, 0.15) is 48.9 Å². The summed E-state index contributed by atoms with van der Waals surface area (Å²) in [7, 11) is 0. The molecule has 4 rings (SSSR count). The Bertz CT molecular complexity index is 726. The van der Waals surface area contributed by atoms with Crippen LogP contribution in [0.3, 0.4) is 0 Å². The van der Waals surface area contributed by atoms with Crippen molar-refractivity contribution < 1.29 is 0 Å². The Morgan fingerprint density at radius 1 is 1.08 bits per heavy atom. The fourth-order valence-corrected chi connectivity index (χ4v) is 4.68. The molecule has 2 unspecified atom stereocenters. The lowest BCUT2D eigenvalue weighted by molar-refractivity contribution is 0.0435. The molecule has 0 bridgehead atoms. The lowest BCUT2D eigenvalue weighted by Gasteiger charge is -2.46. The van der Waals surface area contributed by atoms with Gasteiger partial charge in [-0.15, -0.1) is 0 Å². The number of hydrogen-bond acceptors (Lipinski definition) is 2. The summed E-state index contributed by atoms with van der Waals surface area (Å²) in [5, 5.41) is 4.39. The second-order valence-electron chi connectivity index (χ2n) is 7.67. The minimum atomic E-state index is 0.161. The van der Waals surface area contributed by atoms with Crippen molar-refractivity contribution in [3.8, 4) is 0 Å². The highest BCUT2D eigenvalue weighted by molar-refractivity contribution is 6.30. The molecule has 1 aliphatic carbocycles. The van der Waals surface area contributed by atoms with Crippen LogP contribution < -0.4 is 5.32 Å². The summed E-state index contributed by atoms with van der Waals surface area (Å²) in [4.78, 5) is 2.68. The molecule has 3 heteroatoms. The quantitative estimate of drug-likeness (QED) is 0.859. The summed E-state index contributed by atoms with van der Waals surface area (Å²) in [6.07, 6.45) is 1.14. The molecular weight excluding hydrogens is 316 g/mol. The molecule has 0 saturated carbocycles. The van der Waals surface area contributed by atoms with Gasteiger partial charge in [0.25, 0.3) is 0 Å². The minimum Gasteiger partial charge on any atom is -0.314 e. The van der Waals surface area contributed by atoms with Gasteiger partial charge in [0.1, 0.15) is 0 Å². The summed E-state index contributed by atoms with van der Waals surface area (Å²) < 4.78 is 0. The molecule has 2 aliphatic rings. The van der Waals surface area contributed by atoms with E-state index in [2.05, 4.69) is 66.5 Å². The Balaban J connectivity index is 1.76. The van der Waals surface area contributed by atoms with E-state index in [-0.39, 0.29) is 5.54 Å². The van der Waals surface area contributed by atoms with Crippen molar-refractivity contribution in [1.29, 1.82) is 0 Å². The molecule has 1 N–H and O–H groups in total. The normalized spacial score (nSPS) is 26.3. The van der Waals surface area contributed by atoms with Gasteiger partial charge in [0, 0.05) is 42.2 Å². The third-order valence-corrected chi connectivity index (χ3v) is 5.92. The maximum Gasteiger partial charge on any atom is 0.0409 e. The van der Waals surface area contributed by atoms with Gasteiger partial charge >= 0.3 is 0 Å². The number of fused-ring (bicyclic) bond motifs is 1. The molecule has 126 valence electrons. The van der Waals surface area contributed by atoms with Gasteiger partial charge in [-0.2, -0.15) is 0 Å². The van der Waals surface area contributed by atoms with E-state index in [1.165, 1.54) is 16.7 Å². The lowest BCUT2D eigenvalue weighted by atomic mass is 9.92. The molecular formula is C21H25ClN2. The zero-order valence-corrected chi connectivity index (χ0v) is 15.2. The van der Waals surface area contributed by atoms with Crippen LogP contribution in [0.4, 0.5) is 0 Å².